The highest BCUT2D eigenvalue weighted by Gasteiger charge is 2.29. The van der Waals surface area contributed by atoms with Crippen molar-refractivity contribution in [1.29, 1.82) is 0 Å². The van der Waals surface area contributed by atoms with E-state index in [2.05, 4.69) is 15.1 Å². The normalized spacial score (nSPS) is 15.2. The molecule has 0 aromatic carbocycles. The van der Waals surface area contributed by atoms with Gasteiger partial charge in [0.1, 0.15) is 5.69 Å². The van der Waals surface area contributed by atoms with Crippen LogP contribution in [-0.2, 0) is 6.54 Å². The number of rotatable bonds is 4. The van der Waals surface area contributed by atoms with Crippen molar-refractivity contribution in [1.82, 2.24) is 19.7 Å². The summed E-state index contributed by atoms with van der Waals surface area (Å²) in [6.45, 7) is 0.483. The van der Waals surface area contributed by atoms with Crippen molar-refractivity contribution in [3.63, 3.8) is 0 Å². The maximum atomic E-state index is 10.4. The van der Waals surface area contributed by atoms with E-state index in [9.17, 15) is 4.79 Å². The molecule has 1 aliphatic rings. The molecular formula is C10H10N4O2. The minimum absolute atomic E-state index is 0.408. The van der Waals surface area contributed by atoms with Crippen molar-refractivity contribution < 1.29 is 9.32 Å². The van der Waals surface area contributed by atoms with E-state index >= 15 is 0 Å². The third-order valence-corrected chi connectivity index (χ3v) is 2.51. The van der Waals surface area contributed by atoms with E-state index in [-0.39, 0.29) is 0 Å². The molecule has 3 rings (SSSR count). The van der Waals surface area contributed by atoms with Crippen molar-refractivity contribution >= 4 is 6.29 Å². The molecule has 0 N–H and O–H groups in total. The average molecular weight is 218 g/mol. The minimum Gasteiger partial charge on any atom is -0.339 e. The SMILES string of the molecule is O=Cc1cn(Cc2noc(C3CC3)n2)cn1. The zero-order valence-electron chi connectivity index (χ0n) is 8.54. The zero-order chi connectivity index (χ0) is 11.0. The summed E-state index contributed by atoms with van der Waals surface area (Å²) >= 11 is 0. The largest absolute Gasteiger partial charge is 0.339 e. The van der Waals surface area contributed by atoms with Gasteiger partial charge in [0, 0.05) is 12.1 Å². The molecule has 0 radical (unpaired) electrons. The number of aromatic nitrogens is 4. The quantitative estimate of drug-likeness (QED) is 0.716. The molecule has 0 aliphatic heterocycles. The number of carbonyl (C=O) groups is 1. The third kappa shape index (κ3) is 1.73. The summed E-state index contributed by atoms with van der Waals surface area (Å²) in [6, 6.07) is 0. The molecule has 6 nitrogen and oxygen atoms in total. The van der Waals surface area contributed by atoms with Crippen molar-refractivity contribution in [2.75, 3.05) is 0 Å². The van der Waals surface area contributed by atoms with Crippen LogP contribution in [0.1, 0.15) is 41.0 Å². The maximum absolute atomic E-state index is 10.4. The second-order valence-electron chi connectivity index (χ2n) is 3.91. The molecule has 1 aliphatic carbocycles. The van der Waals surface area contributed by atoms with Gasteiger partial charge in [0.05, 0.1) is 12.9 Å². The molecule has 82 valence electrons. The monoisotopic (exact) mass is 218 g/mol. The predicted molar refractivity (Wildman–Crippen MR) is 53.0 cm³/mol. The fourth-order valence-electron chi connectivity index (χ4n) is 1.52. The fraction of sp³-hybridized carbons (Fsp3) is 0.400. The van der Waals surface area contributed by atoms with Crippen LogP contribution < -0.4 is 0 Å². The molecule has 0 bridgehead atoms. The van der Waals surface area contributed by atoms with Crippen LogP contribution in [0.25, 0.3) is 0 Å². The summed E-state index contributed by atoms with van der Waals surface area (Å²) in [4.78, 5) is 18.6. The summed E-state index contributed by atoms with van der Waals surface area (Å²) < 4.78 is 6.88. The highest BCUT2D eigenvalue weighted by atomic mass is 16.5. The summed E-state index contributed by atoms with van der Waals surface area (Å²) in [6.07, 6.45) is 6.23. The number of hydrogen-bond donors (Lipinski definition) is 0. The number of aldehydes is 1. The molecule has 0 saturated heterocycles. The first-order valence-corrected chi connectivity index (χ1v) is 5.14. The molecular weight excluding hydrogens is 208 g/mol. The van der Waals surface area contributed by atoms with Crippen LogP contribution in [0.2, 0.25) is 0 Å². The summed E-state index contributed by atoms with van der Waals surface area (Å²) in [5, 5.41) is 3.88. The van der Waals surface area contributed by atoms with Gasteiger partial charge in [-0.05, 0) is 12.8 Å². The van der Waals surface area contributed by atoms with E-state index in [0.29, 0.717) is 30.3 Å². The number of nitrogens with zero attached hydrogens (tertiary/aromatic N) is 4. The molecule has 2 heterocycles. The van der Waals surface area contributed by atoms with E-state index in [1.165, 1.54) is 0 Å². The topological polar surface area (TPSA) is 73.8 Å². The molecule has 0 spiro atoms. The Bertz CT molecular complexity index is 512. The number of hydrogen-bond acceptors (Lipinski definition) is 5. The van der Waals surface area contributed by atoms with E-state index < -0.39 is 0 Å². The van der Waals surface area contributed by atoms with Gasteiger partial charge in [0.15, 0.2) is 12.1 Å². The van der Waals surface area contributed by atoms with Crippen LogP contribution in [0.15, 0.2) is 17.0 Å². The van der Waals surface area contributed by atoms with E-state index in [1.54, 1.807) is 17.1 Å². The van der Waals surface area contributed by atoms with Gasteiger partial charge in [0.25, 0.3) is 0 Å². The Labute approximate surface area is 91.3 Å². The molecule has 0 atom stereocenters. The number of carbonyl (C=O) groups excluding carboxylic acids is 1. The van der Waals surface area contributed by atoms with E-state index in [1.807, 2.05) is 0 Å². The molecule has 2 aromatic rings. The smallest absolute Gasteiger partial charge is 0.229 e. The zero-order valence-corrected chi connectivity index (χ0v) is 8.54. The van der Waals surface area contributed by atoms with Gasteiger partial charge in [-0.2, -0.15) is 4.98 Å². The van der Waals surface area contributed by atoms with Crippen molar-refractivity contribution in [2.24, 2.45) is 0 Å². The maximum Gasteiger partial charge on any atom is 0.229 e. The van der Waals surface area contributed by atoms with Crippen molar-refractivity contribution in [3.05, 3.63) is 29.9 Å². The van der Waals surface area contributed by atoms with Crippen LogP contribution in [0, 0.1) is 0 Å². The van der Waals surface area contributed by atoms with Gasteiger partial charge in [-0.15, -0.1) is 0 Å². The Morgan fingerprint density at radius 1 is 1.56 bits per heavy atom. The van der Waals surface area contributed by atoms with Crippen LogP contribution in [0.3, 0.4) is 0 Å². The van der Waals surface area contributed by atoms with Gasteiger partial charge in [-0.3, -0.25) is 4.79 Å². The minimum atomic E-state index is 0.408. The Morgan fingerprint density at radius 3 is 3.12 bits per heavy atom. The van der Waals surface area contributed by atoms with E-state index in [0.717, 1.165) is 18.7 Å². The fourth-order valence-corrected chi connectivity index (χ4v) is 1.52. The Kier molecular flexibility index (Phi) is 2.05. The highest BCUT2D eigenvalue weighted by Crippen LogP contribution is 2.38. The lowest BCUT2D eigenvalue weighted by Crippen LogP contribution is -1.98. The first-order valence-electron chi connectivity index (χ1n) is 5.14. The lowest BCUT2D eigenvalue weighted by molar-refractivity contribution is 0.111. The van der Waals surface area contributed by atoms with Crippen LogP contribution >= 0.6 is 0 Å². The van der Waals surface area contributed by atoms with Crippen LogP contribution in [-0.4, -0.2) is 26.0 Å². The summed E-state index contributed by atoms with van der Waals surface area (Å²) in [7, 11) is 0. The van der Waals surface area contributed by atoms with Gasteiger partial charge in [-0.1, -0.05) is 5.16 Å². The lowest BCUT2D eigenvalue weighted by Gasteiger charge is -1.93. The standard InChI is InChI=1S/C10H10N4O2/c15-5-8-3-14(6-11-8)4-9-12-10(16-13-9)7-1-2-7/h3,5-7H,1-2,4H2. The molecule has 6 heteroatoms. The van der Waals surface area contributed by atoms with Gasteiger partial charge in [0.2, 0.25) is 5.89 Å². The second-order valence-corrected chi connectivity index (χ2v) is 3.91. The summed E-state index contributed by atoms with van der Waals surface area (Å²) in [5.74, 6) is 1.82. The summed E-state index contributed by atoms with van der Waals surface area (Å²) in [5.41, 5.74) is 0.408. The van der Waals surface area contributed by atoms with Gasteiger partial charge in [-0.25, -0.2) is 4.98 Å². The third-order valence-electron chi connectivity index (χ3n) is 2.51. The molecule has 0 amide bonds. The highest BCUT2D eigenvalue weighted by molar-refractivity contribution is 5.70. The first kappa shape index (κ1) is 9.26. The van der Waals surface area contributed by atoms with Gasteiger partial charge >= 0.3 is 0 Å². The van der Waals surface area contributed by atoms with Gasteiger partial charge < -0.3 is 9.09 Å². The van der Waals surface area contributed by atoms with Crippen LogP contribution in [0.4, 0.5) is 0 Å². The number of imidazole rings is 1. The molecule has 1 fully saturated rings. The molecule has 1 saturated carbocycles. The second kappa shape index (κ2) is 3.55. The van der Waals surface area contributed by atoms with Crippen molar-refractivity contribution in [3.8, 4) is 0 Å². The molecule has 2 aromatic heterocycles. The average Bonchev–Trinajstić information content (AvgIpc) is 2.88. The molecule has 16 heavy (non-hydrogen) atoms. The Hall–Kier alpha value is -1.98. The van der Waals surface area contributed by atoms with E-state index in [4.69, 9.17) is 4.52 Å². The molecule has 0 unspecified atom stereocenters. The van der Waals surface area contributed by atoms with Crippen LogP contribution in [0.5, 0.6) is 0 Å². The Morgan fingerprint density at radius 2 is 2.44 bits per heavy atom. The first-order chi connectivity index (χ1) is 7.85. The Balaban J connectivity index is 1.74. The predicted octanol–water partition coefficient (Wildman–Crippen LogP) is 1.00. The van der Waals surface area contributed by atoms with Crippen molar-refractivity contribution in [2.45, 2.75) is 25.3 Å². The lowest BCUT2D eigenvalue weighted by atomic mass is 10.4.